The average Bonchev–Trinajstić information content (AvgIpc) is 2.69. The second-order valence-electron chi connectivity index (χ2n) is 6.44. The summed E-state index contributed by atoms with van der Waals surface area (Å²) < 4.78 is 1.67. The molecular weight excluding hydrogens is 396 g/mol. The van der Waals surface area contributed by atoms with E-state index in [1.807, 2.05) is 32.0 Å². The number of fused-ring (bicyclic) bond motifs is 1. The van der Waals surface area contributed by atoms with Gasteiger partial charge in [0.2, 0.25) is 5.91 Å². The normalized spacial score (nSPS) is 13.3. The van der Waals surface area contributed by atoms with E-state index in [0.29, 0.717) is 21.7 Å². The monoisotopic (exact) mass is 416 g/mol. The van der Waals surface area contributed by atoms with E-state index >= 15 is 0 Å². The van der Waals surface area contributed by atoms with Gasteiger partial charge in [0.1, 0.15) is 0 Å². The van der Waals surface area contributed by atoms with E-state index in [0.717, 1.165) is 6.42 Å². The van der Waals surface area contributed by atoms with Gasteiger partial charge in [0.05, 0.1) is 21.8 Å². The van der Waals surface area contributed by atoms with Crippen molar-refractivity contribution in [2.24, 2.45) is 0 Å². The smallest absolute Gasteiger partial charge is 0.262 e. The van der Waals surface area contributed by atoms with Crippen LogP contribution in [0, 0.1) is 0 Å². The molecule has 1 aromatic carbocycles. The van der Waals surface area contributed by atoms with Crippen molar-refractivity contribution in [1.29, 1.82) is 0 Å². The third-order valence-electron chi connectivity index (χ3n) is 4.48. The predicted molar refractivity (Wildman–Crippen MR) is 114 cm³/mol. The SMILES string of the molecule is CC[C@@H](C)n1c(S[C@H](C)C(=O)Nc2cccnc2Cl)nc2ccccc2c1=O. The van der Waals surface area contributed by atoms with Crippen molar-refractivity contribution in [3.63, 3.8) is 0 Å². The molecular formula is C20H21ClN4O2S. The number of aromatic nitrogens is 3. The van der Waals surface area contributed by atoms with Crippen LogP contribution in [0.5, 0.6) is 0 Å². The van der Waals surface area contributed by atoms with E-state index < -0.39 is 5.25 Å². The standard InChI is InChI=1S/C20H21ClN4O2S/c1-4-12(2)25-19(27)14-8-5-6-9-15(14)24-20(25)28-13(3)18(26)23-16-10-7-11-22-17(16)21/h5-13H,4H2,1-3H3,(H,23,26)/t12-,13-/m1/s1. The Morgan fingerprint density at radius 3 is 2.71 bits per heavy atom. The molecule has 2 heterocycles. The van der Waals surface area contributed by atoms with Crippen molar-refractivity contribution in [1.82, 2.24) is 14.5 Å². The van der Waals surface area contributed by atoms with Gasteiger partial charge in [0.15, 0.2) is 10.3 Å². The number of hydrogen-bond acceptors (Lipinski definition) is 5. The summed E-state index contributed by atoms with van der Waals surface area (Å²) in [7, 11) is 0. The average molecular weight is 417 g/mol. The maximum absolute atomic E-state index is 13.0. The van der Waals surface area contributed by atoms with Gasteiger partial charge in [-0.05, 0) is 44.5 Å². The maximum atomic E-state index is 13.0. The zero-order valence-electron chi connectivity index (χ0n) is 15.8. The molecule has 3 aromatic rings. The second kappa shape index (κ2) is 8.75. The van der Waals surface area contributed by atoms with Crippen LogP contribution in [0.4, 0.5) is 5.69 Å². The lowest BCUT2D eigenvalue weighted by atomic mass is 10.2. The summed E-state index contributed by atoms with van der Waals surface area (Å²) in [6, 6.07) is 10.6. The fourth-order valence-corrected chi connectivity index (χ4v) is 3.88. The molecule has 0 radical (unpaired) electrons. The third kappa shape index (κ3) is 4.20. The predicted octanol–water partition coefficient (Wildman–Crippen LogP) is 4.54. The summed E-state index contributed by atoms with van der Waals surface area (Å²) in [4.78, 5) is 34.3. The van der Waals surface area contributed by atoms with Crippen LogP contribution in [0.15, 0.2) is 52.5 Å². The molecule has 0 saturated heterocycles. The molecule has 0 spiro atoms. The number of rotatable bonds is 6. The molecule has 0 fully saturated rings. The van der Waals surface area contributed by atoms with Crippen LogP contribution in [0.1, 0.15) is 33.2 Å². The van der Waals surface area contributed by atoms with Crippen molar-refractivity contribution in [2.45, 2.75) is 43.6 Å². The Bertz CT molecular complexity index is 1070. The highest BCUT2D eigenvalue weighted by Crippen LogP contribution is 2.27. The lowest BCUT2D eigenvalue weighted by molar-refractivity contribution is -0.115. The van der Waals surface area contributed by atoms with Crippen molar-refractivity contribution in [3.05, 3.63) is 58.1 Å². The molecule has 1 amide bonds. The van der Waals surface area contributed by atoms with E-state index in [2.05, 4.69) is 15.3 Å². The zero-order chi connectivity index (χ0) is 20.3. The van der Waals surface area contributed by atoms with Crippen molar-refractivity contribution in [3.8, 4) is 0 Å². The summed E-state index contributed by atoms with van der Waals surface area (Å²) in [6.45, 7) is 5.76. The quantitative estimate of drug-likeness (QED) is 0.362. The first kappa shape index (κ1) is 20.4. The molecule has 0 unspecified atom stereocenters. The molecule has 28 heavy (non-hydrogen) atoms. The molecule has 1 N–H and O–H groups in total. The summed E-state index contributed by atoms with van der Waals surface area (Å²) in [6.07, 6.45) is 2.33. The van der Waals surface area contributed by atoms with Crippen molar-refractivity contribution < 1.29 is 4.79 Å². The number of nitrogens with one attached hydrogen (secondary N) is 1. The number of para-hydroxylation sites is 1. The molecule has 0 aliphatic heterocycles. The highest BCUT2D eigenvalue weighted by atomic mass is 35.5. The summed E-state index contributed by atoms with van der Waals surface area (Å²) >= 11 is 7.27. The summed E-state index contributed by atoms with van der Waals surface area (Å²) in [5, 5.41) is 3.62. The van der Waals surface area contributed by atoms with Crippen LogP contribution in [0.25, 0.3) is 10.9 Å². The number of hydrogen-bond donors (Lipinski definition) is 1. The Labute approximate surface area is 172 Å². The fraction of sp³-hybridized carbons (Fsp3) is 0.300. The number of pyridine rings is 1. The molecule has 0 saturated carbocycles. The number of carbonyl (C=O) groups excluding carboxylic acids is 1. The van der Waals surface area contributed by atoms with Crippen LogP contribution in [-0.4, -0.2) is 25.7 Å². The van der Waals surface area contributed by atoms with Gasteiger partial charge >= 0.3 is 0 Å². The highest BCUT2D eigenvalue weighted by Gasteiger charge is 2.22. The zero-order valence-corrected chi connectivity index (χ0v) is 17.4. The van der Waals surface area contributed by atoms with Crippen molar-refractivity contribution in [2.75, 3.05) is 5.32 Å². The Hall–Kier alpha value is -2.38. The van der Waals surface area contributed by atoms with E-state index in [1.165, 1.54) is 11.8 Å². The van der Waals surface area contributed by atoms with Gasteiger partial charge in [-0.2, -0.15) is 0 Å². The van der Waals surface area contributed by atoms with Gasteiger partial charge in [-0.25, -0.2) is 9.97 Å². The highest BCUT2D eigenvalue weighted by molar-refractivity contribution is 8.00. The minimum Gasteiger partial charge on any atom is -0.322 e. The first-order valence-electron chi connectivity index (χ1n) is 9.01. The van der Waals surface area contributed by atoms with Gasteiger partial charge in [0.25, 0.3) is 5.56 Å². The van der Waals surface area contributed by atoms with Crippen LogP contribution >= 0.6 is 23.4 Å². The summed E-state index contributed by atoms with van der Waals surface area (Å²) in [5.41, 5.74) is 0.982. The number of amides is 1. The van der Waals surface area contributed by atoms with Gasteiger partial charge in [-0.3, -0.25) is 14.2 Å². The van der Waals surface area contributed by atoms with Crippen LogP contribution in [-0.2, 0) is 4.79 Å². The lowest BCUT2D eigenvalue weighted by Crippen LogP contribution is -2.28. The first-order chi connectivity index (χ1) is 13.4. The van der Waals surface area contributed by atoms with Crippen LogP contribution < -0.4 is 10.9 Å². The first-order valence-corrected chi connectivity index (χ1v) is 10.3. The molecule has 2 aromatic heterocycles. The van der Waals surface area contributed by atoms with Gasteiger partial charge in [-0.1, -0.05) is 42.4 Å². The van der Waals surface area contributed by atoms with Crippen LogP contribution in [0.2, 0.25) is 5.15 Å². The molecule has 3 rings (SSSR count). The number of thioether (sulfide) groups is 1. The van der Waals surface area contributed by atoms with Crippen molar-refractivity contribution >= 4 is 45.9 Å². The molecule has 146 valence electrons. The number of halogens is 1. The van der Waals surface area contributed by atoms with Gasteiger partial charge in [-0.15, -0.1) is 0 Å². The number of benzene rings is 1. The topological polar surface area (TPSA) is 76.9 Å². The molecule has 2 atom stereocenters. The summed E-state index contributed by atoms with van der Waals surface area (Å²) in [5.74, 6) is -0.238. The minimum atomic E-state index is -0.486. The fourth-order valence-electron chi connectivity index (χ4n) is 2.71. The molecule has 0 aliphatic carbocycles. The van der Waals surface area contributed by atoms with Crippen LogP contribution in [0.3, 0.4) is 0 Å². The number of nitrogens with zero attached hydrogens (tertiary/aromatic N) is 3. The molecule has 0 aliphatic rings. The third-order valence-corrected chi connectivity index (χ3v) is 5.84. The molecule has 6 nitrogen and oxygen atoms in total. The maximum Gasteiger partial charge on any atom is 0.262 e. The Morgan fingerprint density at radius 2 is 2.00 bits per heavy atom. The van der Waals surface area contributed by atoms with E-state index in [9.17, 15) is 9.59 Å². The van der Waals surface area contributed by atoms with E-state index in [-0.39, 0.29) is 22.7 Å². The molecule has 8 heteroatoms. The van der Waals surface area contributed by atoms with E-state index in [4.69, 9.17) is 11.6 Å². The second-order valence-corrected chi connectivity index (χ2v) is 8.10. The Kier molecular flexibility index (Phi) is 6.36. The number of anilines is 1. The Balaban J connectivity index is 1.93. The Morgan fingerprint density at radius 1 is 1.25 bits per heavy atom. The largest absolute Gasteiger partial charge is 0.322 e. The molecule has 0 bridgehead atoms. The van der Waals surface area contributed by atoms with Gasteiger partial charge in [0, 0.05) is 12.2 Å². The van der Waals surface area contributed by atoms with E-state index in [1.54, 1.807) is 35.9 Å². The van der Waals surface area contributed by atoms with Gasteiger partial charge < -0.3 is 5.32 Å². The lowest BCUT2D eigenvalue weighted by Gasteiger charge is -2.20. The minimum absolute atomic E-state index is 0.0323. The number of carbonyl (C=O) groups is 1.